The Morgan fingerprint density at radius 3 is 2.05 bits per heavy atom. The zero-order chi connectivity index (χ0) is 14.7. The van der Waals surface area contributed by atoms with Crippen molar-refractivity contribution in [2.24, 2.45) is 0 Å². The fourth-order valence-electron chi connectivity index (χ4n) is 1.54. The Balaban J connectivity index is 2.65. The maximum Gasteiger partial charge on any atom is 0.354 e. The summed E-state index contributed by atoms with van der Waals surface area (Å²) in [6, 6.07) is 9.76. The molecule has 1 rings (SSSR count). The summed E-state index contributed by atoms with van der Waals surface area (Å²) in [5, 5.41) is 0. The van der Waals surface area contributed by atoms with E-state index >= 15 is 0 Å². The first-order valence-corrected chi connectivity index (χ1v) is 8.94. The molecule has 0 aromatic heterocycles. The summed E-state index contributed by atoms with van der Waals surface area (Å²) < 4.78 is 23.6. The van der Waals surface area contributed by atoms with Crippen molar-refractivity contribution in [3.8, 4) is 0 Å². The van der Waals surface area contributed by atoms with E-state index in [0.29, 0.717) is 13.2 Å². The number of hydrogen-bond donors (Lipinski definition) is 0. The van der Waals surface area contributed by atoms with Crippen LogP contribution in [-0.4, -0.2) is 13.2 Å². The summed E-state index contributed by atoms with van der Waals surface area (Å²) in [7, 11) is -3.12. The molecule has 0 unspecified atom stereocenters. The van der Waals surface area contributed by atoms with Gasteiger partial charge in [0.1, 0.15) is 0 Å². The summed E-state index contributed by atoms with van der Waals surface area (Å²) in [6.07, 6.45) is 5.61. The minimum absolute atomic E-state index is 0.471. The van der Waals surface area contributed by atoms with Gasteiger partial charge in [-0.25, -0.2) is 0 Å². The van der Waals surface area contributed by atoms with Crippen LogP contribution in [0.25, 0.3) is 6.08 Å². The van der Waals surface area contributed by atoms with Crippen molar-refractivity contribution >= 4 is 13.7 Å². The summed E-state index contributed by atoms with van der Waals surface area (Å²) in [5.74, 6) is 1.58. The first kappa shape index (κ1) is 17.2. The molecule has 112 valence electrons. The van der Waals surface area contributed by atoms with Crippen molar-refractivity contribution in [1.82, 2.24) is 0 Å². The predicted octanol–water partition coefficient (Wildman–Crippen LogP) is 5.48. The van der Waals surface area contributed by atoms with E-state index in [1.54, 1.807) is 11.9 Å². The van der Waals surface area contributed by atoms with E-state index in [0.717, 1.165) is 31.2 Å². The molecule has 0 aliphatic carbocycles. The quantitative estimate of drug-likeness (QED) is 0.423. The Labute approximate surface area is 122 Å². The molecule has 1 aromatic rings. The van der Waals surface area contributed by atoms with E-state index in [2.05, 4.69) is 13.8 Å². The highest BCUT2D eigenvalue weighted by Gasteiger charge is 2.20. The highest BCUT2D eigenvalue weighted by molar-refractivity contribution is 7.57. The third-order valence-electron chi connectivity index (χ3n) is 2.79. The summed E-state index contributed by atoms with van der Waals surface area (Å²) in [4.78, 5) is 0. The standard InChI is InChI=1S/C16H25O3P/c1-3-5-13-18-20(17,19-14-6-4-2)15-12-16-10-8-7-9-11-16/h7-12,15H,3-6,13-14H2,1-2H3/b15-12+. The average Bonchev–Trinajstić information content (AvgIpc) is 2.47. The highest BCUT2D eigenvalue weighted by atomic mass is 31.2. The molecule has 0 radical (unpaired) electrons. The first-order chi connectivity index (χ1) is 9.70. The van der Waals surface area contributed by atoms with Gasteiger partial charge >= 0.3 is 7.60 Å². The van der Waals surface area contributed by atoms with Crippen LogP contribution in [0.15, 0.2) is 36.1 Å². The fourth-order valence-corrected chi connectivity index (χ4v) is 2.91. The second-order valence-corrected chi connectivity index (χ2v) is 6.53. The van der Waals surface area contributed by atoms with E-state index in [1.165, 1.54) is 0 Å². The van der Waals surface area contributed by atoms with Crippen molar-refractivity contribution in [3.63, 3.8) is 0 Å². The van der Waals surface area contributed by atoms with Gasteiger partial charge in [-0.15, -0.1) is 0 Å². The van der Waals surface area contributed by atoms with E-state index in [9.17, 15) is 4.57 Å². The molecule has 0 spiro atoms. The number of unbranched alkanes of at least 4 members (excludes halogenated alkanes) is 2. The van der Waals surface area contributed by atoms with E-state index in [1.807, 2.05) is 30.3 Å². The summed E-state index contributed by atoms with van der Waals surface area (Å²) in [6.45, 7) is 5.09. The van der Waals surface area contributed by atoms with Crippen LogP contribution >= 0.6 is 7.60 Å². The van der Waals surface area contributed by atoms with E-state index in [4.69, 9.17) is 9.05 Å². The van der Waals surface area contributed by atoms with Gasteiger partial charge in [0.25, 0.3) is 0 Å². The molecule has 3 nitrogen and oxygen atoms in total. The second kappa shape index (κ2) is 9.93. The van der Waals surface area contributed by atoms with Crippen molar-refractivity contribution in [3.05, 3.63) is 41.7 Å². The van der Waals surface area contributed by atoms with Crippen molar-refractivity contribution < 1.29 is 13.6 Å². The van der Waals surface area contributed by atoms with Crippen molar-refractivity contribution in [2.45, 2.75) is 39.5 Å². The minimum Gasteiger partial charge on any atom is -0.306 e. The molecule has 4 heteroatoms. The molecule has 0 heterocycles. The SMILES string of the molecule is CCCCOP(=O)(/C=C/c1ccccc1)OCCCC. The molecule has 0 saturated carbocycles. The van der Waals surface area contributed by atoms with Crippen LogP contribution < -0.4 is 0 Å². The van der Waals surface area contributed by atoms with Gasteiger partial charge < -0.3 is 9.05 Å². The van der Waals surface area contributed by atoms with Gasteiger partial charge in [0.2, 0.25) is 0 Å². The average molecular weight is 296 g/mol. The van der Waals surface area contributed by atoms with Gasteiger partial charge in [-0.1, -0.05) is 57.0 Å². The normalized spacial score (nSPS) is 12.1. The molecule has 0 atom stereocenters. The maximum atomic E-state index is 12.6. The monoisotopic (exact) mass is 296 g/mol. The van der Waals surface area contributed by atoms with Crippen LogP contribution in [-0.2, 0) is 13.6 Å². The number of benzene rings is 1. The van der Waals surface area contributed by atoms with Crippen LogP contribution in [0.2, 0.25) is 0 Å². The molecule has 0 saturated heterocycles. The van der Waals surface area contributed by atoms with Gasteiger partial charge in [-0.2, -0.15) is 0 Å². The first-order valence-electron chi connectivity index (χ1n) is 7.33. The molecular formula is C16H25O3P. The lowest BCUT2D eigenvalue weighted by molar-refractivity contribution is 0.208. The molecule has 0 amide bonds. The van der Waals surface area contributed by atoms with Gasteiger partial charge in [0.05, 0.1) is 13.2 Å². The Kier molecular flexibility index (Phi) is 8.52. The summed E-state index contributed by atoms with van der Waals surface area (Å²) >= 11 is 0. The van der Waals surface area contributed by atoms with Crippen molar-refractivity contribution in [1.29, 1.82) is 0 Å². The smallest absolute Gasteiger partial charge is 0.306 e. The molecule has 0 N–H and O–H groups in total. The van der Waals surface area contributed by atoms with E-state index in [-0.39, 0.29) is 0 Å². The molecular weight excluding hydrogens is 271 g/mol. The van der Waals surface area contributed by atoms with Gasteiger partial charge in [-0.05, 0) is 24.5 Å². The molecule has 0 aliphatic rings. The Morgan fingerprint density at radius 1 is 1.00 bits per heavy atom. The maximum absolute atomic E-state index is 12.6. The Bertz CT molecular complexity index is 415. The van der Waals surface area contributed by atoms with Crippen LogP contribution in [0.1, 0.15) is 45.1 Å². The topological polar surface area (TPSA) is 35.5 Å². The van der Waals surface area contributed by atoms with Gasteiger partial charge in [0, 0.05) is 5.82 Å². The van der Waals surface area contributed by atoms with Crippen LogP contribution in [0.3, 0.4) is 0 Å². The lowest BCUT2D eigenvalue weighted by Crippen LogP contribution is -1.97. The zero-order valence-corrected chi connectivity index (χ0v) is 13.4. The summed E-state index contributed by atoms with van der Waals surface area (Å²) in [5.41, 5.74) is 0.992. The fraction of sp³-hybridized carbons (Fsp3) is 0.500. The highest BCUT2D eigenvalue weighted by Crippen LogP contribution is 2.50. The van der Waals surface area contributed by atoms with Gasteiger partial charge in [0.15, 0.2) is 0 Å². The lowest BCUT2D eigenvalue weighted by Gasteiger charge is -2.15. The number of hydrogen-bond acceptors (Lipinski definition) is 3. The second-order valence-electron chi connectivity index (χ2n) is 4.64. The van der Waals surface area contributed by atoms with Crippen LogP contribution in [0, 0.1) is 0 Å². The lowest BCUT2D eigenvalue weighted by atomic mass is 10.2. The van der Waals surface area contributed by atoms with E-state index < -0.39 is 7.60 Å². The van der Waals surface area contributed by atoms with Crippen LogP contribution in [0.5, 0.6) is 0 Å². The van der Waals surface area contributed by atoms with Crippen molar-refractivity contribution in [2.75, 3.05) is 13.2 Å². The van der Waals surface area contributed by atoms with Gasteiger partial charge in [-0.3, -0.25) is 4.57 Å². The molecule has 1 aromatic carbocycles. The largest absolute Gasteiger partial charge is 0.354 e. The number of rotatable bonds is 10. The predicted molar refractivity (Wildman–Crippen MR) is 84.8 cm³/mol. The zero-order valence-electron chi connectivity index (χ0n) is 12.5. The minimum atomic E-state index is -3.12. The Hall–Kier alpha value is -0.890. The third-order valence-corrected chi connectivity index (χ3v) is 4.39. The Morgan fingerprint density at radius 2 is 1.55 bits per heavy atom. The molecule has 20 heavy (non-hydrogen) atoms. The molecule has 0 bridgehead atoms. The van der Waals surface area contributed by atoms with Crippen LogP contribution in [0.4, 0.5) is 0 Å². The molecule has 0 aliphatic heterocycles. The molecule has 0 fully saturated rings. The third kappa shape index (κ3) is 7.04.